The van der Waals surface area contributed by atoms with E-state index in [4.69, 9.17) is 0 Å². The van der Waals surface area contributed by atoms with E-state index in [2.05, 4.69) is 115 Å². The standard InChI is InChI=1S/C27H28BrNSi/c1-17-15-22-23(27(17)30(4,5)21-13-9-10-14-21)16-24-25(26(22)28)18(2)19(3)29(24)20-11-7-6-8-12-20/h6-13,15-16,25H,14H2,1-5H3. The third-order valence-corrected chi connectivity index (χ3v) is 12.0. The van der Waals surface area contributed by atoms with E-state index < -0.39 is 8.07 Å². The van der Waals surface area contributed by atoms with Gasteiger partial charge in [0.05, 0.1) is 5.92 Å². The van der Waals surface area contributed by atoms with Gasteiger partial charge in [-0.3, -0.25) is 0 Å². The first kappa shape index (κ1) is 19.8. The Kier molecular flexibility index (Phi) is 4.60. The van der Waals surface area contributed by atoms with Gasteiger partial charge in [-0.15, -0.1) is 0 Å². The van der Waals surface area contributed by atoms with Crippen molar-refractivity contribution in [3.8, 4) is 0 Å². The molecule has 0 saturated heterocycles. The highest BCUT2D eigenvalue weighted by atomic mass is 79.9. The number of nitrogens with zero attached hydrogens (tertiary/aromatic N) is 1. The SMILES string of the molecule is CC1=CC2=C(Br)C3C(=CC2=C1[Si](C)(C)C1=CC=CC1)N(c1ccccc1)C(C)=C3C. The summed E-state index contributed by atoms with van der Waals surface area (Å²) in [7, 11) is -1.74. The van der Waals surface area contributed by atoms with Crippen molar-refractivity contribution >= 4 is 29.7 Å². The second-order valence-corrected chi connectivity index (χ2v) is 14.5. The van der Waals surface area contributed by atoms with Crippen LogP contribution < -0.4 is 4.90 Å². The zero-order valence-electron chi connectivity index (χ0n) is 18.4. The van der Waals surface area contributed by atoms with Crippen molar-refractivity contribution in [3.05, 3.63) is 109 Å². The number of anilines is 1. The van der Waals surface area contributed by atoms with Gasteiger partial charge in [0.25, 0.3) is 0 Å². The van der Waals surface area contributed by atoms with E-state index in [1.165, 1.54) is 43.9 Å². The summed E-state index contributed by atoms with van der Waals surface area (Å²) in [5.41, 5.74) is 9.69. The Morgan fingerprint density at radius 2 is 1.73 bits per heavy atom. The first-order valence-corrected chi connectivity index (χ1v) is 14.6. The van der Waals surface area contributed by atoms with E-state index in [-0.39, 0.29) is 0 Å². The summed E-state index contributed by atoms with van der Waals surface area (Å²) >= 11 is 4.06. The summed E-state index contributed by atoms with van der Waals surface area (Å²) in [4.78, 5) is 2.46. The summed E-state index contributed by atoms with van der Waals surface area (Å²) < 4.78 is 1.32. The van der Waals surface area contributed by atoms with Crippen LogP contribution in [0, 0.1) is 5.92 Å². The maximum absolute atomic E-state index is 4.06. The van der Waals surface area contributed by atoms with Crippen LogP contribution in [0.1, 0.15) is 27.2 Å². The molecule has 1 aromatic carbocycles. The average Bonchev–Trinajstić information content (AvgIpc) is 3.42. The Bertz CT molecular complexity index is 1170. The minimum Gasteiger partial charge on any atom is -0.317 e. The lowest BCUT2D eigenvalue weighted by Crippen LogP contribution is -2.33. The van der Waals surface area contributed by atoms with Gasteiger partial charge >= 0.3 is 0 Å². The summed E-state index contributed by atoms with van der Waals surface area (Å²) in [6.07, 6.45) is 12.9. The van der Waals surface area contributed by atoms with Crippen LogP contribution >= 0.6 is 15.9 Å². The first-order valence-electron chi connectivity index (χ1n) is 10.8. The molecule has 0 saturated carbocycles. The van der Waals surface area contributed by atoms with E-state index in [0.29, 0.717) is 5.92 Å². The molecule has 0 aromatic heterocycles. The number of rotatable bonds is 3. The molecule has 4 aliphatic rings. The Morgan fingerprint density at radius 3 is 2.40 bits per heavy atom. The predicted octanol–water partition coefficient (Wildman–Crippen LogP) is 7.89. The topological polar surface area (TPSA) is 3.24 Å². The van der Waals surface area contributed by atoms with Gasteiger partial charge < -0.3 is 4.90 Å². The van der Waals surface area contributed by atoms with Crippen LogP contribution in [0.3, 0.4) is 0 Å². The predicted molar refractivity (Wildman–Crippen MR) is 135 cm³/mol. The molecule has 1 aliphatic heterocycles. The minimum absolute atomic E-state index is 0.310. The quantitative estimate of drug-likeness (QED) is 0.403. The van der Waals surface area contributed by atoms with Gasteiger partial charge in [0.15, 0.2) is 0 Å². The number of halogens is 1. The molecule has 1 atom stereocenters. The van der Waals surface area contributed by atoms with E-state index in [9.17, 15) is 0 Å². The second-order valence-electron chi connectivity index (χ2n) is 9.27. The van der Waals surface area contributed by atoms with Crippen molar-refractivity contribution in [1.29, 1.82) is 0 Å². The smallest absolute Gasteiger partial charge is 0.109 e. The van der Waals surface area contributed by atoms with Crippen LogP contribution in [0.4, 0.5) is 5.69 Å². The molecule has 3 aliphatic carbocycles. The van der Waals surface area contributed by atoms with Crippen LogP contribution in [0.5, 0.6) is 0 Å². The van der Waals surface area contributed by atoms with Gasteiger partial charge in [-0.25, -0.2) is 0 Å². The lowest BCUT2D eigenvalue weighted by Gasteiger charge is -2.32. The van der Waals surface area contributed by atoms with Gasteiger partial charge in [-0.2, -0.15) is 0 Å². The maximum Gasteiger partial charge on any atom is 0.109 e. The number of hydrogen-bond donors (Lipinski definition) is 0. The van der Waals surface area contributed by atoms with Crippen LogP contribution in [0.25, 0.3) is 0 Å². The van der Waals surface area contributed by atoms with E-state index >= 15 is 0 Å². The molecule has 1 nitrogen and oxygen atoms in total. The number of para-hydroxylation sites is 1. The number of allylic oxidation sites excluding steroid dienone is 12. The highest BCUT2D eigenvalue weighted by molar-refractivity contribution is 9.11. The Labute approximate surface area is 189 Å². The average molecular weight is 475 g/mol. The van der Waals surface area contributed by atoms with Crippen LogP contribution in [0.15, 0.2) is 109 Å². The van der Waals surface area contributed by atoms with E-state index in [1.807, 2.05) is 0 Å². The molecule has 5 rings (SSSR count). The summed E-state index contributed by atoms with van der Waals surface area (Å²) in [5.74, 6) is 0.310. The normalized spacial score (nSPS) is 23.2. The lowest BCUT2D eigenvalue weighted by molar-refractivity contribution is 0.885. The second kappa shape index (κ2) is 6.96. The maximum atomic E-state index is 4.06. The number of hydrogen-bond acceptors (Lipinski definition) is 1. The van der Waals surface area contributed by atoms with Gasteiger partial charge in [-0.05, 0) is 67.3 Å². The van der Waals surface area contributed by atoms with Gasteiger partial charge in [0.2, 0.25) is 0 Å². The highest BCUT2D eigenvalue weighted by Gasteiger charge is 2.43. The fourth-order valence-corrected chi connectivity index (χ4v) is 9.89. The zero-order valence-corrected chi connectivity index (χ0v) is 21.0. The van der Waals surface area contributed by atoms with E-state index in [1.54, 1.807) is 10.4 Å². The Balaban J connectivity index is 1.71. The molecule has 152 valence electrons. The van der Waals surface area contributed by atoms with Crippen molar-refractivity contribution < 1.29 is 0 Å². The van der Waals surface area contributed by atoms with Crippen LogP contribution in [0.2, 0.25) is 13.1 Å². The molecule has 0 N–H and O–H groups in total. The monoisotopic (exact) mass is 473 g/mol. The molecule has 1 aromatic rings. The fraction of sp³-hybridized carbons (Fsp3) is 0.259. The molecule has 1 unspecified atom stereocenters. The number of benzene rings is 1. The van der Waals surface area contributed by atoms with Crippen molar-refractivity contribution in [2.24, 2.45) is 5.92 Å². The summed E-state index contributed by atoms with van der Waals surface area (Å²) in [6.45, 7) is 11.9. The molecule has 1 heterocycles. The van der Waals surface area contributed by atoms with Gasteiger partial charge in [0, 0.05) is 21.6 Å². The molecule has 0 bridgehead atoms. The molecule has 0 spiro atoms. The Morgan fingerprint density at radius 1 is 1.00 bits per heavy atom. The van der Waals surface area contributed by atoms with E-state index in [0.717, 1.165) is 6.42 Å². The van der Waals surface area contributed by atoms with Crippen molar-refractivity contribution in [3.63, 3.8) is 0 Å². The van der Waals surface area contributed by atoms with Crippen molar-refractivity contribution in [1.82, 2.24) is 0 Å². The summed E-state index contributed by atoms with van der Waals surface area (Å²) in [6, 6.07) is 10.8. The molecule has 0 fully saturated rings. The van der Waals surface area contributed by atoms with Crippen LogP contribution in [-0.2, 0) is 0 Å². The highest BCUT2D eigenvalue weighted by Crippen LogP contribution is 2.54. The molecule has 0 radical (unpaired) electrons. The van der Waals surface area contributed by atoms with Crippen molar-refractivity contribution in [2.45, 2.75) is 40.3 Å². The largest absolute Gasteiger partial charge is 0.317 e. The summed E-state index contributed by atoms with van der Waals surface area (Å²) in [5, 5.41) is 3.23. The third-order valence-electron chi connectivity index (χ3n) is 7.22. The first-order chi connectivity index (χ1) is 14.3. The third kappa shape index (κ3) is 2.71. The molecule has 3 heteroatoms. The zero-order chi connectivity index (χ0) is 21.2. The van der Waals surface area contributed by atoms with Gasteiger partial charge in [-0.1, -0.05) is 82.3 Å². The lowest BCUT2D eigenvalue weighted by atomic mass is 9.88. The molecule has 0 amide bonds. The van der Waals surface area contributed by atoms with Crippen LogP contribution in [-0.4, -0.2) is 8.07 Å². The molecule has 30 heavy (non-hydrogen) atoms. The van der Waals surface area contributed by atoms with Crippen molar-refractivity contribution in [2.75, 3.05) is 4.90 Å². The molecular formula is C27H28BrNSi. The fourth-order valence-electron chi connectivity index (χ4n) is 5.58. The van der Waals surface area contributed by atoms with Gasteiger partial charge in [0.1, 0.15) is 8.07 Å². The Hall–Kier alpha value is -2.10. The number of fused-ring (bicyclic) bond motifs is 2. The minimum atomic E-state index is -1.74. The molecular weight excluding hydrogens is 446 g/mol.